The van der Waals surface area contributed by atoms with Gasteiger partial charge in [-0.1, -0.05) is 157 Å². The van der Waals surface area contributed by atoms with Crippen LogP contribution in [0.3, 0.4) is 0 Å². The summed E-state index contributed by atoms with van der Waals surface area (Å²) in [6, 6.07) is 18.8. The molecule has 0 bridgehead atoms. The number of ether oxygens (including phenoxy) is 3. The highest BCUT2D eigenvalue weighted by Gasteiger charge is 2.58. The molecule has 2 aromatic carbocycles. The van der Waals surface area contributed by atoms with E-state index in [1.54, 1.807) is 0 Å². The Morgan fingerprint density at radius 1 is 0.885 bits per heavy atom. The van der Waals surface area contributed by atoms with Crippen LogP contribution in [0.15, 0.2) is 80.9 Å². The number of aromatic nitrogens is 2. The third kappa shape index (κ3) is 13.0. The van der Waals surface area contributed by atoms with Crippen molar-refractivity contribution in [3.63, 3.8) is 0 Å². The maximum absolute atomic E-state index is 13.1. The highest BCUT2D eigenvalue weighted by molar-refractivity contribution is 9.10. The van der Waals surface area contributed by atoms with Gasteiger partial charge in [0.1, 0.15) is 24.4 Å². The molecule has 286 valence electrons. The van der Waals surface area contributed by atoms with Gasteiger partial charge in [0.2, 0.25) is 0 Å². The molecule has 0 spiro atoms. The molecule has 0 aliphatic carbocycles. The molecule has 0 amide bonds. The van der Waals surface area contributed by atoms with Gasteiger partial charge in [0.25, 0.3) is 5.56 Å². The summed E-state index contributed by atoms with van der Waals surface area (Å²) >= 11 is 7.76. The first-order valence-electron chi connectivity index (χ1n) is 19.2. The number of rotatable bonds is 24. The van der Waals surface area contributed by atoms with Crippen LogP contribution in [0.25, 0.3) is 0 Å². The van der Waals surface area contributed by atoms with E-state index in [1.807, 2.05) is 60.7 Å². The molecule has 0 radical (unpaired) electrons. The fourth-order valence-corrected chi connectivity index (χ4v) is 7.50. The van der Waals surface area contributed by atoms with Gasteiger partial charge < -0.3 is 19.3 Å². The van der Waals surface area contributed by atoms with Crippen molar-refractivity contribution >= 4 is 34.5 Å². The number of aromatic amines is 1. The summed E-state index contributed by atoms with van der Waals surface area (Å²) < 4.78 is 19.8. The minimum Gasteiger partial charge on any atom is -0.462 e. The number of nitrogens with one attached hydrogen (secondary N) is 1. The van der Waals surface area contributed by atoms with Crippen molar-refractivity contribution in [2.75, 3.05) is 6.61 Å². The van der Waals surface area contributed by atoms with Crippen molar-refractivity contribution in [2.45, 2.75) is 146 Å². The van der Waals surface area contributed by atoms with Gasteiger partial charge in [-0.3, -0.25) is 19.1 Å². The summed E-state index contributed by atoms with van der Waals surface area (Å²) in [5, 5.41) is 11.9. The number of benzene rings is 2. The highest BCUT2D eigenvalue weighted by atomic mass is 79.9. The van der Waals surface area contributed by atoms with Gasteiger partial charge in [-0.05, 0) is 33.5 Å². The fourth-order valence-electron chi connectivity index (χ4n) is 6.92. The number of thiol groups is 1. The lowest BCUT2D eigenvalue weighted by Crippen LogP contribution is -2.52. The summed E-state index contributed by atoms with van der Waals surface area (Å²) in [7, 11) is 0. The molecular weight excluding hydrogens is 744 g/mol. The fraction of sp³-hybridized carbons (Fsp3) is 0.585. The lowest BCUT2D eigenvalue weighted by molar-refractivity contribution is -0.151. The first-order chi connectivity index (χ1) is 25.2. The molecule has 11 heteroatoms. The number of carbonyl (C=O) groups excluding carboxylic acids is 1. The number of aliphatic hydroxyl groups is 1. The molecule has 0 saturated carbocycles. The lowest BCUT2D eigenvalue weighted by atomic mass is 9.86. The van der Waals surface area contributed by atoms with E-state index in [0.29, 0.717) is 6.42 Å². The molecule has 1 saturated heterocycles. The molecule has 1 aliphatic rings. The molecule has 1 aliphatic heterocycles. The van der Waals surface area contributed by atoms with Crippen LogP contribution >= 0.6 is 28.6 Å². The summed E-state index contributed by atoms with van der Waals surface area (Å²) in [5.41, 5.74) is -1.51. The van der Waals surface area contributed by atoms with Crippen molar-refractivity contribution in [1.29, 1.82) is 0 Å². The number of halogens is 1. The van der Waals surface area contributed by atoms with E-state index in [2.05, 4.69) is 40.5 Å². The smallest absolute Gasteiger partial charge is 0.330 e. The second kappa shape index (κ2) is 22.5. The standard InChI is InChI=1S/C41H57BrN2O7S/c1-2-3-4-5-6-7-8-9-10-11-12-13-14-21-26-35(52)38(46)50-30-34-36(49-29-32-24-19-16-20-25-32)41(48,27-31-22-17-15-18-23-31)39(51-34)44-28-33(42)37(45)43-40(44)47/h15-20,22-25,28,34-36,39,48,52H,2-14,21,26-27,29-30H2,1H3,(H,43,45,47)/t34-,35?,36-,39-,41-/m1/s1. The van der Waals surface area contributed by atoms with Gasteiger partial charge in [-0.15, -0.1) is 0 Å². The number of hydrogen-bond acceptors (Lipinski definition) is 8. The average molecular weight is 802 g/mol. The van der Waals surface area contributed by atoms with E-state index in [0.717, 1.165) is 35.0 Å². The minimum absolute atomic E-state index is 0.0555. The Morgan fingerprint density at radius 2 is 1.42 bits per heavy atom. The van der Waals surface area contributed by atoms with Crippen LogP contribution in [-0.4, -0.2) is 50.3 Å². The average Bonchev–Trinajstić information content (AvgIpc) is 3.41. The van der Waals surface area contributed by atoms with E-state index in [1.165, 1.54) is 76.8 Å². The maximum atomic E-state index is 13.1. The van der Waals surface area contributed by atoms with Crippen LogP contribution in [0, 0.1) is 0 Å². The molecule has 52 heavy (non-hydrogen) atoms. The number of H-pyrrole nitrogens is 1. The summed E-state index contributed by atoms with van der Waals surface area (Å²) in [6.07, 6.45) is 16.4. The minimum atomic E-state index is -1.80. The van der Waals surface area contributed by atoms with E-state index in [4.69, 9.17) is 14.2 Å². The predicted octanol–water partition coefficient (Wildman–Crippen LogP) is 8.47. The van der Waals surface area contributed by atoms with Gasteiger partial charge in [0.15, 0.2) is 6.23 Å². The quantitative estimate of drug-likeness (QED) is 0.0473. The second-order valence-electron chi connectivity index (χ2n) is 14.1. The van der Waals surface area contributed by atoms with Gasteiger partial charge in [-0.2, -0.15) is 12.6 Å². The van der Waals surface area contributed by atoms with Gasteiger partial charge in [0, 0.05) is 12.6 Å². The van der Waals surface area contributed by atoms with Gasteiger partial charge in [-0.25, -0.2) is 4.79 Å². The summed E-state index contributed by atoms with van der Waals surface area (Å²) in [4.78, 5) is 40.7. The van der Waals surface area contributed by atoms with Crippen LogP contribution in [0.4, 0.5) is 0 Å². The molecule has 4 rings (SSSR count). The van der Waals surface area contributed by atoms with E-state index >= 15 is 0 Å². The topological polar surface area (TPSA) is 120 Å². The Labute approximate surface area is 322 Å². The first kappa shape index (κ1) is 42.0. The molecule has 5 atom stereocenters. The Balaban J connectivity index is 1.34. The molecule has 2 N–H and O–H groups in total. The summed E-state index contributed by atoms with van der Waals surface area (Å²) in [6.45, 7) is 2.18. The molecule has 1 fully saturated rings. The molecule has 9 nitrogen and oxygen atoms in total. The van der Waals surface area contributed by atoms with Crippen molar-refractivity contribution in [3.8, 4) is 0 Å². The lowest BCUT2D eigenvalue weighted by Gasteiger charge is -2.34. The number of carbonyl (C=O) groups is 1. The normalized spacial score (nSPS) is 20.6. The Hall–Kier alpha value is -2.70. The third-order valence-corrected chi connectivity index (χ3v) is 10.9. The van der Waals surface area contributed by atoms with Crippen LogP contribution in [0.5, 0.6) is 0 Å². The zero-order valence-corrected chi connectivity index (χ0v) is 33.0. The molecule has 2 heterocycles. The molecule has 1 aromatic heterocycles. The SMILES string of the molecule is CCCCCCCCCCCCCCCCC(S)C(=O)OC[C@H]1O[C@@H](n2cc(Br)c(=O)[nH]c2=O)[C@@](O)(Cc2ccccc2)[C@@H]1OCc1ccccc1. The van der Waals surface area contributed by atoms with Gasteiger partial charge in [0.05, 0.1) is 16.3 Å². The van der Waals surface area contributed by atoms with Crippen LogP contribution in [0.2, 0.25) is 0 Å². The largest absolute Gasteiger partial charge is 0.462 e. The van der Waals surface area contributed by atoms with Crippen molar-refractivity contribution in [3.05, 3.63) is 103 Å². The number of nitrogens with zero attached hydrogens (tertiary/aromatic N) is 1. The van der Waals surface area contributed by atoms with Gasteiger partial charge >= 0.3 is 11.7 Å². The maximum Gasteiger partial charge on any atom is 0.330 e. The van der Waals surface area contributed by atoms with Crippen LogP contribution < -0.4 is 11.2 Å². The number of hydrogen-bond donors (Lipinski definition) is 3. The van der Waals surface area contributed by atoms with Crippen molar-refractivity contribution in [1.82, 2.24) is 9.55 Å². The Morgan fingerprint density at radius 3 is 2.00 bits per heavy atom. The first-order valence-corrected chi connectivity index (χ1v) is 20.5. The highest BCUT2D eigenvalue weighted by Crippen LogP contribution is 2.42. The molecule has 1 unspecified atom stereocenters. The van der Waals surface area contributed by atoms with Crippen molar-refractivity contribution < 1.29 is 24.1 Å². The van der Waals surface area contributed by atoms with E-state index in [-0.39, 0.29) is 24.1 Å². The zero-order valence-electron chi connectivity index (χ0n) is 30.6. The second-order valence-corrected chi connectivity index (χ2v) is 15.5. The monoisotopic (exact) mass is 800 g/mol. The van der Waals surface area contributed by atoms with E-state index < -0.39 is 46.5 Å². The number of esters is 1. The predicted molar refractivity (Wildman–Crippen MR) is 212 cm³/mol. The van der Waals surface area contributed by atoms with Crippen LogP contribution in [-0.2, 0) is 32.0 Å². The summed E-state index contributed by atoms with van der Waals surface area (Å²) in [5.74, 6) is -0.470. The van der Waals surface area contributed by atoms with Crippen molar-refractivity contribution in [2.24, 2.45) is 0 Å². The number of unbranched alkanes of at least 4 members (excludes halogenated alkanes) is 13. The molecular formula is C41H57BrN2O7S. The Kier molecular flexibility index (Phi) is 18.2. The Bertz CT molecular complexity index is 1590. The molecule has 3 aromatic rings. The van der Waals surface area contributed by atoms with Crippen LogP contribution in [0.1, 0.15) is 121 Å². The third-order valence-electron chi connectivity index (χ3n) is 9.83. The zero-order chi connectivity index (χ0) is 37.2. The van der Waals surface area contributed by atoms with E-state index in [9.17, 15) is 19.5 Å².